The maximum Gasteiger partial charge on any atom is 0.0856 e. The SMILES string of the molecule is Cc1nc(CO)c2c(c1C)CCC2. The van der Waals surface area contributed by atoms with Crippen LogP contribution in [0.25, 0.3) is 0 Å². The highest BCUT2D eigenvalue weighted by atomic mass is 16.3. The van der Waals surface area contributed by atoms with Crippen molar-refractivity contribution >= 4 is 0 Å². The molecule has 0 bridgehead atoms. The lowest BCUT2D eigenvalue weighted by Gasteiger charge is -2.10. The number of nitrogens with zero attached hydrogens (tertiary/aromatic N) is 1. The third kappa shape index (κ3) is 1.25. The Morgan fingerprint density at radius 3 is 2.62 bits per heavy atom. The average molecular weight is 177 g/mol. The molecule has 0 aromatic carbocycles. The number of fused-ring (bicyclic) bond motifs is 1. The maximum atomic E-state index is 9.15. The number of aryl methyl sites for hydroxylation is 1. The molecule has 13 heavy (non-hydrogen) atoms. The van der Waals surface area contributed by atoms with Crippen LogP contribution in [-0.4, -0.2) is 10.1 Å². The van der Waals surface area contributed by atoms with E-state index in [1.807, 2.05) is 6.92 Å². The number of hydrogen-bond acceptors (Lipinski definition) is 2. The first-order chi connectivity index (χ1) is 6.24. The number of aliphatic hydroxyl groups is 1. The Labute approximate surface area is 78.6 Å². The van der Waals surface area contributed by atoms with Crippen molar-refractivity contribution in [3.63, 3.8) is 0 Å². The van der Waals surface area contributed by atoms with E-state index in [0.717, 1.165) is 24.2 Å². The fourth-order valence-corrected chi connectivity index (χ4v) is 2.18. The zero-order valence-corrected chi connectivity index (χ0v) is 8.22. The molecule has 0 saturated heterocycles. The van der Waals surface area contributed by atoms with Crippen LogP contribution >= 0.6 is 0 Å². The number of pyridine rings is 1. The monoisotopic (exact) mass is 177 g/mol. The van der Waals surface area contributed by atoms with Crippen LogP contribution < -0.4 is 0 Å². The lowest BCUT2D eigenvalue weighted by Crippen LogP contribution is -2.02. The van der Waals surface area contributed by atoms with Crippen molar-refractivity contribution in [2.45, 2.75) is 39.7 Å². The molecule has 0 atom stereocenters. The molecule has 0 amide bonds. The molecule has 1 N–H and O–H groups in total. The van der Waals surface area contributed by atoms with Crippen molar-refractivity contribution in [1.29, 1.82) is 0 Å². The van der Waals surface area contributed by atoms with Gasteiger partial charge in [0.15, 0.2) is 0 Å². The topological polar surface area (TPSA) is 33.1 Å². The van der Waals surface area contributed by atoms with Crippen molar-refractivity contribution in [2.24, 2.45) is 0 Å². The first-order valence-electron chi connectivity index (χ1n) is 4.82. The van der Waals surface area contributed by atoms with Crippen LogP contribution in [0.3, 0.4) is 0 Å². The van der Waals surface area contributed by atoms with Gasteiger partial charge in [-0.15, -0.1) is 0 Å². The molecule has 0 aliphatic heterocycles. The van der Waals surface area contributed by atoms with E-state index in [4.69, 9.17) is 5.11 Å². The molecule has 2 nitrogen and oxygen atoms in total. The van der Waals surface area contributed by atoms with Crippen LogP contribution in [0.1, 0.15) is 34.5 Å². The van der Waals surface area contributed by atoms with Crippen LogP contribution in [0.2, 0.25) is 0 Å². The molecule has 0 fully saturated rings. The Kier molecular flexibility index (Phi) is 2.08. The summed E-state index contributed by atoms with van der Waals surface area (Å²) in [6, 6.07) is 0. The lowest BCUT2D eigenvalue weighted by molar-refractivity contribution is 0.275. The Balaban J connectivity index is 2.64. The van der Waals surface area contributed by atoms with Crippen molar-refractivity contribution in [3.05, 3.63) is 28.1 Å². The van der Waals surface area contributed by atoms with Gasteiger partial charge in [0, 0.05) is 5.69 Å². The van der Waals surface area contributed by atoms with Gasteiger partial charge in [0.1, 0.15) is 0 Å². The summed E-state index contributed by atoms with van der Waals surface area (Å²) in [5.41, 5.74) is 6.05. The molecule has 2 heteroatoms. The molecule has 1 aromatic heterocycles. The maximum absolute atomic E-state index is 9.15. The Hall–Kier alpha value is -0.890. The zero-order valence-electron chi connectivity index (χ0n) is 8.22. The van der Waals surface area contributed by atoms with Crippen LogP contribution in [0.15, 0.2) is 0 Å². The highest BCUT2D eigenvalue weighted by Gasteiger charge is 2.18. The zero-order chi connectivity index (χ0) is 9.42. The summed E-state index contributed by atoms with van der Waals surface area (Å²) in [7, 11) is 0. The molecule has 2 rings (SSSR count). The van der Waals surface area contributed by atoms with Gasteiger partial charge < -0.3 is 5.11 Å². The summed E-state index contributed by atoms with van der Waals surface area (Å²) in [5, 5.41) is 9.15. The van der Waals surface area contributed by atoms with E-state index in [-0.39, 0.29) is 6.61 Å². The van der Waals surface area contributed by atoms with E-state index >= 15 is 0 Å². The summed E-state index contributed by atoms with van der Waals surface area (Å²) >= 11 is 0. The standard InChI is InChI=1S/C11H15NO/c1-7-8(2)12-11(6-13)10-5-3-4-9(7)10/h13H,3-6H2,1-2H3. The van der Waals surface area contributed by atoms with Crippen molar-refractivity contribution in [1.82, 2.24) is 4.98 Å². The normalized spacial score (nSPS) is 14.7. The van der Waals surface area contributed by atoms with E-state index in [2.05, 4.69) is 11.9 Å². The minimum Gasteiger partial charge on any atom is -0.390 e. The van der Waals surface area contributed by atoms with Crippen LogP contribution in [0.5, 0.6) is 0 Å². The summed E-state index contributed by atoms with van der Waals surface area (Å²) in [4.78, 5) is 4.41. The molecule has 70 valence electrons. The largest absolute Gasteiger partial charge is 0.390 e. The third-order valence-electron chi connectivity index (χ3n) is 3.01. The van der Waals surface area contributed by atoms with Gasteiger partial charge in [-0.2, -0.15) is 0 Å². The molecule has 0 unspecified atom stereocenters. The van der Waals surface area contributed by atoms with Gasteiger partial charge in [-0.05, 0) is 49.8 Å². The second-order valence-electron chi connectivity index (χ2n) is 3.74. The fraction of sp³-hybridized carbons (Fsp3) is 0.545. The van der Waals surface area contributed by atoms with Crippen molar-refractivity contribution in [2.75, 3.05) is 0 Å². The third-order valence-corrected chi connectivity index (χ3v) is 3.01. The highest BCUT2D eigenvalue weighted by Crippen LogP contribution is 2.28. The smallest absolute Gasteiger partial charge is 0.0856 e. The molecule has 1 aromatic rings. The minimum atomic E-state index is 0.0868. The van der Waals surface area contributed by atoms with Crippen LogP contribution in [0.4, 0.5) is 0 Å². The van der Waals surface area contributed by atoms with Gasteiger partial charge in [0.2, 0.25) is 0 Å². The number of aromatic nitrogens is 1. The summed E-state index contributed by atoms with van der Waals surface area (Å²) in [6.45, 7) is 4.24. The minimum absolute atomic E-state index is 0.0868. The quantitative estimate of drug-likeness (QED) is 0.708. The van der Waals surface area contributed by atoms with E-state index in [1.54, 1.807) is 0 Å². The summed E-state index contributed by atoms with van der Waals surface area (Å²) in [6.07, 6.45) is 3.48. The molecule has 0 spiro atoms. The van der Waals surface area contributed by atoms with E-state index < -0.39 is 0 Å². The Morgan fingerprint density at radius 1 is 1.23 bits per heavy atom. The Morgan fingerprint density at radius 2 is 1.92 bits per heavy atom. The van der Waals surface area contributed by atoms with Crippen LogP contribution in [0, 0.1) is 13.8 Å². The van der Waals surface area contributed by atoms with Gasteiger partial charge in [0.25, 0.3) is 0 Å². The first kappa shape index (κ1) is 8.70. The molecular weight excluding hydrogens is 162 g/mol. The molecule has 1 aliphatic rings. The fourth-order valence-electron chi connectivity index (χ4n) is 2.18. The second kappa shape index (κ2) is 3.11. The molecule has 1 aliphatic carbocycles. The lowest BCUT2D eigenvalue weighted by atomic mass is 10.0. The average Bonchev–Trinajstić information content (AvgIpc) is 2.60. The summed E-state index contributed by atoms with van der Waals surface area (Å²) < 4.78 is 0. The predicted molar refractivity (Wildman–Crippen MR) is 51.7 cm³/mol. The van der Waals surface area contributed by atoms with Gasteiger partial charge in [-0.25, -0.2) is 0 Å². The second-order valence-corrected chi connectivity index (χ2v) is 3.74. The highest BCUT2D eigenvalue weighted by molar-refractivity contribution is 5.42. The molecule has 1 heterocycles. The number of hydrogen-bond donors (Lipinski definition) is 1. The van der Waals surface area contributed by atoms with Crippen LogP contribution in [-0.2, 0) is 19.4 Å². The number of rotatable bonds is 1. The summed E-state index contributed by atoms with van der Waals surface area (Å²) in [5.74, 6) is 0. The van der Waals surface area contributed by atoms with Crippen molar-refractivity contribution < 1.29 is 5.11 Å². The molecule has 0 radical (unpaired) electrons. The van der Waals surface area contributed by atoms with E-state index in [0.29, 0.717) is 0 Å². The molecular formula is C11H15NO. The first-order valence-corrected chi connectivity index (χ1v) is 4.82. The molecule has 0 saturated carbocycles. The van der Waals surface area contributed by atoms with Gasteiger partial charge in [-0.3, -0.25) is 4.98 Å². The van der Waals surface area contributed by atoms with E-state index in [1.165, 1.54) is 23.1 Å². The number of aliphatic hydroxyl groups excluding tert-OH is 1. The predicted octanol–water partition coefficient (Wildman–Crippen LogP) is 1.68. The van der Waals surface area contributed by atoms with Gasteiger partial charge in [-0.1, -0.05) is 0 Å². The van der Waals surface area contributed by atoms with Crippen molar-refractivity contribution in [3.8, 4) is 0 Å². The van der Waals surface area contributed by atoms with Gasteiger partial charge >= 0.3 is 0 Å². The van der Waals surface area contributed by atoms with E-state index in [9.17, 15) is 0 Å². The Bertz CT molecular complexity index is 344. The van der Waals surface area contributed by atoms with Gasteiger partial charge in [0.05, 0.1) is 12.3 Å².